The maximum absolute atomic E-state index is 12.6. The minimum atomic E-state index is -0.969. The average molecular weight is 407 g/mol. The molecule has 1 aromatic heterocycles. The number of Topliss-reactive ketones (excluding diaryl/α,β-unsaturated/α-hetero) is 1. The molecule has 148 valence electrons. The van der Waals surface area contributed by atoms with Gasteiger partial charge in [0.25, 0.3) is 5.91 Å². The number of ketones is 1. The second-order valence-electron chi connectivity index (χ2n) is 6.70. The normalized spacial score (nSPS) is 11.6. The number of hydrogen-bond acceptors (Lipinski definition) is 5. The fraction of sp³-hybridized carbons (Fsp3) is 0.174. The summed E-state index contributed by atoms with van der Waals surface area (Å²) in [6, 6.07) is 16.3. The molecule has 0 fully saturated rings. The number of ether oxygens (including phenoxy) is 1. The second kappa shape index (κ2) is 8.84. The Morgan fingerprint density at radius 2 is 1.62 bits per heavy atom. The molecule has 0 aliphatic heterocycles. The van der Waals surface area contributed by atoms with Gasteiger partial charge in [-0.25, -0.2) is 4.79 Å². The number of carbonyl (C=O) groups excluding carboxylic acids is 3. The summed E-state index contributed by atoms with van der Waals surface area (Å²) in [6.45, 7) is 5.00. The number of anilines is 1. The largest absolute Gasteiger partial charge is 0.448 e. The molecule has 0 aliphatic rings. The number of rotatable bonds is 6. The number of hydrogen-bond donors (Lipinski definition) is 1. The molecule has 0 aliphatic carbocycles. The maximum Gasteiger partial charge on any atom is 0.349 e. The summed E-state index contributed by atoms with van der Waals surface area (Å²) in [5, 5.41) is 4.51. The van der Waals surface area contributed by atoms with Gasteiger partial charge in [-0.2, -0.15) is 0 Å². The van der Waals surface area contributed by atoms with Gasteiger partial charge >= 0.3 is 5.97 Å². The molecule has 1 amide bonds. The highest BCUT2D eigenvalue weighted by atomic mass is 32.1. The smallest absolute Gasteiger partial charge is 0.349 e. The van der Waals surface area contributed by atoms with Crippen LogP contribution in [0.1, 0.15) is 39.4 Å². The monoisotopic (exact) mass is 407 g/mol. The lowest BCUT2D eigenvalue weighted by Crippen LogP contribution is -2.29. The fourth-order valence-electron chi connectivity index (χ4n) is 2.73. The van der Waals surface area contributed by atoms with Crippen molar-refractivity contribution in [1.82, 2.24) is 0 Å². The maximum atomic E-state index is 12.6. The molecule has 0 bridgehead atoms. The highest BCUT2D eigenvalue weighted by molar-refractivity contribution is 7.12. The van der Waals surface area contributed by atoms with Crippen molar-refractivity contribution < 1.29 is 19.1 Å². The number of esters is 1. The molecule has 6 heteroatoms. The van der Waals surface area contributed by atoms with Gasteiger partial charge in [0.1, 0.15) is 4.88 Å². The van der Waals surface area contributed by atoms with Crippen molar-refractivity contribution in [2.75, 3.05) is 5.32 Å². The van der Waals surface area contributed by atoms with E-state index in [2.05, 4.69) is 5.32 Å². The number of amides is 1. The van der Waals surface area contributed by atoms with Gasteiger partial charge in [-0.05, 0) is 62.0 Å². The van der Waals surface area contributed by atoms with E-state index in [1.54, 1.807) is 24.3 Å². The number of aryl methyl sites for hydroxylation is 1. The Bertz CT molecular complexity index is 1040. The summed E-state index contributed by atoms with van der Waals surface area (Å²) < 4.78 is 5.38. The summed E-state index contributed by atoms with van der Waals surface area (Å²) in [6.07, 6.45) is -0.969. The van der Waals surface area contributed by atoms with Crippen LogP contribution in [0.5, 0.6) is 0 Å². The summed E-state index contributed by atoms with van der Waals surface area (Å²) in [7, 11) is 0. The van der Waals surface area contributed by atoms with E-state index < -0.39 is 18.0 Å². The third-order valence-electron chi connectivity index (χ3n) is 4.43. The first-order chi connectivity index (χ1) is 13.8. The molecule has 0 radical (unpaired) electrons. The predicted octanol–water partition coefficient (Wildman–Crippen LogP) is 5.11. The minimum Gasteiger partial charge on any atom is -0.448 e. The van der Waals surface area contributed by atoms with E-state index >= 15 is 0 Å². The van der Waals surface area contributed by atoms with E-state index in [0.717, 1.165) is 16.7 Å². The van der Waals surface area contributed by atoms with Crippen molar-refractivity contribution in [3.8, 4) is 11.1 Å². The lowest BCUT2D eigenvalue weighted by molar-refractivity contribution is -0.123. The summed E-state index contributed by atoms with van der Waals surface area (Å²) in [4.78, 5) is 36.8. The summed E-state index contributed by atoms with van der Waals surface area (Å²) in [5.74, 6) is -1.03. The number of carbonyl (C=O) groups is 3. The van der Waals surface area contributed by atoms with Gasteiger partial charge in [0.2, 0.25) is 0 Å². The van der Waals surface area contributed by atoms with Crippen molar-refractivity contribution in [3.05, 3.63) is 76.0 Å². The van der Waals surface area contributed by atoms with E-state index in [0.29, 0.717) is 16.1 Å². The second-order valence-corrected chi connectivity index (χ2v) is 7.62. The Labute approximate surface area is 173 Å². The van der Waals surface area contributed by atoms with Gasteiger partial charge < -0.3 is 10.1 Å². The average Bonchev–Trinajstić information content (AvgIpc) is 3.19. The molecule has 1 N–H and O–H groups in total. The van der Waals surface area contributed by atoms with E-state index in [1.807, 2.05) is 42.6 Å². The van der Waals surface area contributed by atoms with Crippen molar-refractivity contribution in [2.24, 2.45) is 0 Å². The van der Waals surface area contributed by atoms with Crippen molar-refractivity contribution in [3.63, 3.8) is 0 Å². The first kappa shape index (κ1) is 20.5. The highest BCUT2D eigenvalue weighted by Crippen LogP contribution is 2.29. The molecule has 3 aromatic rings. The first-order valence-corrected chi connectivity index (χ1v) is 10.0. The lowest BCUT2D eigenvalue weighted by atomic mass is 10.1. The molecule has 3 rings (SSSR count). The van der Waals surface area contributed by atoms with Gasteiger partial charge in [0, 0.05) is 16.8 Å². The third kappa shape index (κ3) is 4.97. The van der Waals surface area contributed by atoms with Crippen LogP contribution < -0.4 is 5.32 Å². The summed E-state index contributed by atoms with van der Waals surface area (Å²) in [5.41, 5.74) is 3.93. The molecular weight excluding hydrogens is 386 g/mol. The van der Waals surface area contributed by atoms with Gasteiger partial charge in [0.05, 0.1) is 0 Å². The zero-order valence-corrected chi connectivity index (χ0v) is 17.2. The van der Waals surface area contributed by atoms with E-state index in [4.69, 9.17) is 4.74 Å². The molecule has 0 saturated heterocycles. The lowest BCUT2D eigenvalue weighted by Gasteiger charge is -2.14. The van der Waals surface area contributed by atoms with Crippen LogP contribution in [-0.4, -0.2) is 23.8 Å². The van der Waals surface area contributed by atoms with E-state index in [-0.39, 0.29) is 5.78 Å². The predicted molar refractivity (Wildman–Crippen MR) is 114 cm³/mol. The van der Waals surface area contributed by atoms with Crippen LogP contribution in [0, 0.1) is 6.92 Å². The van der Waals surface area contributed by atoms with Crippen LogP contribution in [0.15, 0.2) is 60.0 Å². The van der Waals surface area contributed by atoms with Gasteiger partial charge in [-0.1, -0.05) is 29.8 Å². The molecule has 0 spiro atoms. The van der Waals surface area contributed by atoms with Crippen LogP contribution in [-0.2, 0) is 9.53 Å². The topological polar surface area (TPSA) is 72.5 Å². The third-order valence-corrected chi connectivity index (χ3v) is 5.32. The van der Waals surface area contributed by atoms with Gasteiger partial charge in [0.15, 0.2) is 11.9 Å². The Balaban J connectivity index is 1.66. The first-order valence-electron chi connectivity index (χ1n) is 9.12. The number of nitrogens with one attached hydrogen (secondary N) is 1. The van der Waals surface area contributed by atoms with Gasteiger partial charge in [-0.15, -0.1) is 11.3 Å². The van der Waals surface area contributed by atoms with E-state index in [1.165, 1.54) is 25.2 Å². The highest BCUT2D eigenvalue weighted by Gasteiger charge is 2.22. The molecule has 29 heavy (non-hydrogen) atoms. The molecular formula is C23H21NO4S. The van der Waals surface area contributed by atoms with Crippen molar-refractivity contribution in [1.29, 1.82) is 0 Å². The van der Waals surface area contributed by atoms with Crippen LogP contribution in [0.4, 0.5) is 5.69 Å². The molecule has 0 unspecified atom stereocenters. The van der Waals surface area contributed by atoms with Crippen LogP contribution in [0.25, 0.3) is 11.1 Å². The SMILES string of the molecule is CC(=O)c1ccc(NC(=O)[C@@H](C)OC(=O)c2sccc2-c2ccc(C)cc2)cc1. The Kier molecular flexibility index (Phi) is 6.24. The zero-order valence-electron chi connectivity index (χ0n) is 16.4. The molecule has 0 saturated carbocycles. The van der Waals surface area contributed by atoms with E-state index in [9.17, 15) is 14.4 Å². The number of benzene rings is 2. The zero-order chi connectivity index (χ0) is 21.0. The molecule has 1 heterocycles. The van der Waals surface area contributed by atoms with Crippen molar-refractivity contribution in [2.45, 2.75) is 26.9 Å². The molecule has 1 atom stereocenters. The Hall–Kier alpha value is -3.25. The van der Waals surface area contributed by atoms with Crippen LogP contribution in [0.3, 0.4) is 0 Å². The fourth-order valence-corrected chi connectivity index (χ4v) is 3.52. The Morgan fingerprint density at radius 3 is 2.24 bits per heavy atom. The van der Waals surface area contributed by atoms with Crippen LogP contribution in [0.2, 0.25) is 0 Å². The minimum absolute atomic E-state index is 0.0505. The molecule has 2 aromatic carbocycles. The van der Waals surface area contributed by atoms with Crippen LogP contribution >= 0.6 is 11.3 Å². The standard InChI is InChI=1S/C23H21NO4S/c1-14-4-6-18(7-5-14)20-12-13-29-21(20)23(27)28-16(3)22(26)24-19-10-8-17(9-11-19)15(2)25/h4-13,16H,1-3H3,(H,24,26)/t16-/m1/s1. The van der Waals surface area contributed by atoms with Crippen molar-refractivity contribution >= 4 is 34.7 Å². The quantitative estimate of drug-likeness (QED) is 0.455. The molecule has 5 nitrogen and oxygen atoms in total. The number of thiophene rings is 1. The summed E-state index contributed by atoms with van der Waals surface area (Å²) >= 11 is 1.28. The Morgan fingerprint density at radius 1 is 0.966 bits per heavy atom. The van der Waals surface area contributed by atoms with Gasteiger partial charge in [-0.3, -0.25) is 9.59 Å².